The second kappa shape index (κ2) is 6.59. The Balaban J connectivity index is 1.91. The molecule has 1 amide bonds. The summed E-state index contributed by atoms with van der Waals surface area (Å²) in [6.07, 6.45) is 0. The summed E-state index contributed by atoms with van der Waals surface area (Å²) in [5, 5.41) is 21.6. The number of hydrogen-bond acceptors (Lipinski definition) is 6. The smallest absolute Gasteiger partial charge is 0.277 e. The van der Waals surface area contributed by atoms with Gasteiger partial charge in [0, 0.05) is 31.3 Å². The van der Waals surface area contributed by atoms with Crippen LogP contribution >= 0.6 is 0 Å². The molecule has 3 rings (SSSR count). The number of nitro groups is 1. The highest BCUT2D eigenvalue weighted by Crippen LogP contribution is 2.20. The van der Waals surface area contributed by atoms with Crippen molar-refractivity contribution in [1.29, 1.82) is 0 Å². The van der Waals surface area contributed by atoms with E-state index in [0.717, 1.165) is 4.68 Å². The molecule has 3 aromatic rings. The first-order chi connectivity index (χ1) is 12.3. The van der Waals surface area contributed by atoms with Gasteiger partial charge in [0.25, 0.3) is 17.2 Å². The van der Waals surface area contributed by atoms with Crippen molar-refractivity contribution in [2.45, 2.75) is 6.92 Å². The number of anilines is 1. The molecule has 0 aliphatic heterocycles. The molecular formula is C16H14N6O4. The number of hydrogen-bond donors (Lipinski definition) is 1. The molecule has 0 bridgehead atoms. The number of carbonyl (C=O) groups is 1. The predicted molar refractivity (Wildman–Crippen MR) is 92.4 cm³/mol. The number of non-ortho nitro benzene ring substituents is 1. The molecule has 0 atom stereocenters. The second-order valence-electron chi connectivity index (χ2n) is 5.49. The number of aromatic nitrogens is 4. The highest BCUT2D eigenvalue weighted by atomic mass is 16.6. The predicted octanol–water partition coefficient (Wildman–Crippen LogP) is 1.43. The Morgan fingerprint density at radius 2 is 1.85 bits per heavy atom. The number of nitrogens with zero attached hydrogens (tertiary/aromatic N) is 5. The van der Waals surface area contributed by atoms with Gasteiger partial charge in [0.1, 0.15) is 11.5 Å². The quantitative estimate of drug-likeness (QED) is 0.558. The highest BCUT2D eigenvalue weighted by Gasteiger charge is 2.15. The lowest BCUT2D eigenvalue weighted by Crippen LogP contribution is -2.24. The molecule has 10 nitrogen and oxygen atoms in total. The van der Waals surface area contributed by atoms with Gasteiger partial charge in [0.2, 0.25) is 0 Å². The van der Waals surface area contributed by atoms with E-state index in [9.17, 15) is 19.7 Å². The lowest BCUT2D eigenvalue weighted by molar-refractivity contribution is -0.384. The average Bonchev–Trinajstić information content (AvgIpc) is 2.97. The summed E-state index contributed by atoms with van der Waals surface area (Å²) >= 11 is 0. The topological polar surface area (TPSA) is 125 Å². The monoisotopic (exact) mass is 354 g/mol. The Kier molecular flexibility index (Phi) is 4.31. The van der Waals surface area contributed by atoms with E-state index in [1.165, 1.54) is 48.1 Å². The Bertz CT molecular complexity index is 1050. The molecule has 0 aliphatic carbocycles. The summed E-state index contributed by atoms with van der Waals surface area (Å²) in [5.41, 5.74) is 0.895. The van der Waals surface area contributed by atoms with Gasteiger partial charge in [-0.1, -0.05) is 0 Å². The fourth-order valence-corrected chi connectivity index (χ4v) is 2.30. The van der Waals surface area contributed by atoms with Gasteiger partial charge in [0.05, 0.1) is 16.3 Å². The van der Waals surface area contributed by atoms with Gasteiger partial charge in [0.15, 0.2) is 0 Å². The maximum absolute atomic E-state index is 12.4. The first-order valence-corrected chi connectivity index (χ1v) is 7.52. The van der Waals surface area contributed by atoms with Crippen LogP contribution in [0, 0.1) is 17.0 Å². The molecule has 2 aromatic heterocycles. The number of aryl methyl sites for hydroxylation is 2. The molecule has 26 heavy (non-hydrogen) atoms. The van der Waals surface area contributed by atoms with Crippen LogP contribution in [0.15, 0.2) is 47.3 Å². The zero-order valence-corrected chi connectivity index (χ0v) is 13.9. The SMILES string of the molecule is Cc1cc(NC(=O)c2ccc(=O)n(C)n2)n(-c2ccc([N+](=O)[O-])cc2)n1. The number of rotatable bonds is 4. The van der Waals surface area contributed by atoms with Crippen molar-refractivity contribution in [1.82, 2.24) is 19.6 Å². The van der Waals surface area contributed by atoms with Gasteiger partial charge in [-0.25, -0.2) is 9.36 Å². The van der Waals surface area contributed by atoms with Crippen LogP contribution in [0.1, 0.15) is 16.2 Å². The van der Waals surface area contributed by atoms with Gasteiger partial charge < -0.3 is 5.32 Å². The molecular weight excluding hydrogens is 340 g/mol. The van der Waals surface area contributed by atoms with Crippen LogP contribution in [-0.4, -0.2) is 30.4 Å². The van der Waals surface area contributed by atoms with E-state index in [1.807, 2.05) is 0 Å². The third kappa shape index (κ3) is 3.34. The molecule has 0 spiro atoms. The van der Waals surface area contributed by atoms with Crippen LogP contribution in [0.4, 0.5) is 11.5 Å². The molecule has 132 valence electrons. The van der Waals surface area contributed by atoms with Crippen molar-refractivity contribution in [3.63, 3.8) is 0 Å². The van der Waals surface area contributed by atoms with Crippen molar-refractivity contribution >= 4 is 17.4 Å². The first kappa shape index (κ1) is 17.0. The zero-order chi connectivity index (χ0) is 18.8. The Morgan fingerprint density at radius 3 is 2.46 bits per heavy atom. The minimum absolute atomic E-state index is 0.0439. The van der Waals surface area contributed by atoms with Gasteiger partial charge in [-0.2, -0.15) is 10.2 Å². The largest absolute Gasteiger partial charge is 0.305 e. The normalized spacial score (nSPS) is 10.5. The Hall–Kier alpha value is -3.82. The molecule has 0 saturated heterocycles. The van der Waals surface area contributed by atoms with E-state index in [1.54, 1.807) is 13.0 Å². The van der Waals surface area contributed by atoms with Crippen LogP contribution in [0.5, 0.6) is 0 Å². The number of nitrogens with one attached hydrogen (secondary N) is 1. The summed E-state index contributed by atoms with van der Waals surface area (Å²) in [5.74, 6) is -0.138. The summed E-state index contributed by atoms with van der Waals surface area (Å²) in [6.45, 7) is 1.75. The molecule has 1 N–H and O–H groups in total. The van der Waals surface area contributed by atoms with Crippen LogP contribution in [0.2, 0.25) is 0 Å². The molecule has 1 aromatic carbocycles. The van der Waals surface area contributed by atoms with E-state index < -0.39 is 10.8 Å². The minimum Gasteiger partial charge on any atom is -0.305 e. The van der Waals surface area contributed by atoms with Gasteiger partial charge >= 0.3 is 0 Å². The van der Waals surface area contributed by atoms with Crippen molar-refractivity contribution < 1.29 is 9.72 Å². The number of benzene rings is 1. The van der Waals surface area contributed by atoms with E-state index >= 15 is 0 Å². The van der Waals surface area contributed by atoms with Gasteiger partial charge in [-0.3, -0.25) is 19.7 Å². The van der Waals surface area contributed by atoms with E-state index in [0.29, 0.717) is 17.2 Å². The number of nitro benzene ring substituents is 1. The average molecular weight is 354 g/mol. The molecule has 2 heterocycles. The molecule has 0 fully saturated rings. The standard InChI is InChI=1S/C16H14N6O4/c1-10-9-14(17-16(24)13-7-8-15(23)20(2)19-13)21(18-10)11-3-5-12(6-4-11)22(25)26/h3-9H,1-2H3,(H,17,24). The van der Waals surface area contributed by atoms with Gasteiger partial charge in [-0.05, 0) is 25.1 Å². The molecule has 0 unspecified atom stereocenters. The van der Waals surface area contributed by atoms with E-state index in [-0.39, 0.29) is 16.9 Å². The second-order valence-corrected chi connectivity index (χ2v) is 5.49. The summed E-state index contributed by atoms with van der Waals surface area (Å²) in [7, 11) is 1.45. The lowest BCUT2D eigenvalue weighted by atomic mass is 10.3. The fraction of sp³-hybridized carbons (Fsp3) is 0.125. The maximum Gasteiger partial charge on any atom is 0.277 e. The summed E-state index contributed by atoms with van der Waals surface area (Å²) < 4.78 is 2.52. The summed E-state index contributed by atoms with van der Waals surface area (Å²) in [4.78, 5) is 34.0. The number of amides is 1. The van der Waals surface area contributed by atoms with Crippen LogP contribution < -0.4 is 10.9 Å². The van der Waals surface area contributed by atoms with Gasteiger partial charge in [-0.15, -0.1) is 0 Å². The van der Waals surface area contributed by atoms with Crippen molar-refractivity contribution in [3.05, 3.63) is 74.3 Å². The van der Waals surface area contributed by atoms with Crippen LogP contribution in [-0.2, 0) is 7.05 Å². The third-order valence-corrected chi connectivity index (χ3v) is 3.57. The Labute approximate surface area is 146 Å². The van der Waals surface area contributed by atoms with Crippen LogP contribution in [0.3, 0.4) is 0 Å². The molecule has 0 aliphatic rings. The highest BCUT2D eigenvalue weighted by molar-refractivity contribution is 6.02. The van der Waals surface area contributed by atoms with Crippen molar-refractivity contribution in [2.75, 3.05) is 5.32 Å². The summed E-state index contributed by atoms with van der Waals surface area (Å²) in [6, 6.07) is 10.0. The lowest BCUT2D eigenvalue weighted by Gasteiger charge is -2.09. The molecule has 10 heteroatoms. The Morgan fingerprint density at radius 1 is 1.15 bits per heavy atom. The maximum atomic E-state index is 12.4. The van der Waals surface area contributed by atoms with Crippen LogP contribution in [0.25, 0.3) is 5.69 Å². The van der Waals surface area contributed by atoms with Crippen molar-refractivity contribution in [3.8, 4) is 5.69 Å². The van der Waals surface area contributed by atoms with E-state index in [2.05, 4.69) is 15.5 Å². The van der Waals surface area contributed by atoms with E-state index in [4.69, 9.17) is 0 Å². The molecule has 0 radical (unpaired) electrons. The fourth-order valence-electron chi connectivity index (χ4n) is 2.30. The molecule has 0 saturated carbocycles. The minimum atomic E-state index is -0.510. The first-order valence-electron chi connectivity index (χ1n) is 7.52. The number of carbonyl (C=O) groups excluding carboxylic acids is 1. The third-order valence-electron chi connectivity index (χ3n) is 3.57. The zero-order valence-electron chi connectivity index (χ0n) is 13.9. The van der Waals surface area contributed by atoms with Crippen molar-refractivity contribution in [2.24, 2.45) is 7.05 Å².